The fraction of sp³-hybridized carbons (Fsp3) is 0.769. The smallest absolute Gasteiger partial charge is 0.0767 e. The van der Waals surface area contributed by atoms with Crippen molar-refractivity contribution in [1.82, 2.24) is 15.1 Å². The summed E-state index contributed by atoms with van der Waals surface area (Å²) in [6, 6.07) is 0. The van der Waals surface area contributed by atoms with E-state index in [0.29, 0.717) is 0 Å². The maximum Gasteiger partial charge on any atom is 0.0767 e. The number of rotatable bonds is 7. The van der Waals surface area contributed by atoms with Crippen molar-refractivity contribution < 1.29 is 0 Å². The molecule has 1 N–H and O–H groups in total. The number of nitrogens with one attached hydrogen (secondary N) is 1. The molecule has 0 radical (unpaired) electrons. The minimum Gasteiger partial charge on any atom is -0.311 e. The summed E-state index contributed by atoms with van der Waals surface area (Å²) in [4.78, 5) is 0. The van der Waals surface area contributed by atoms with Crippen molar-refractivity contribution in [3.63, 3.8) is 0 Å². The molecule has 0 saturated heterocycles. The molecule has 1 aliphatic carbocycles. The van der Waals surface area contributed by atoms with Gasteiger partial charge in [0, 0.05) is 13.6 Å². The van der Waals surface area contributed by atoms with E-state index in [1.807, 2.05) is 11.7 Å². The van der Waals surface area contributed by atoms with E-state index in [2.05, 4.69) is 33.3 Å². The standard InChI is InChI=1S/C13H22BrN3/c1-3-11-13(14)12(17(2)16-11)9-15-8-4-5-10-6-7-10/h10,15H,3-9H2,1-2H3. The first kappa shape index (κ1) is 13.1. The highest BCUT2D eigenvalue weighted by Gasteiger charge is 2.20. The molecular formula is C13H22BrN3. The monoisotopic (exact) mass is 299 g/mol. The predicted molar refractivity (Wildman–Crippen MR) is 74.0 cm³/mol. The quantitative estimate of drug-likeness (QED) is 0.785. The third kappa shape index (κ3) is 3.55. The van der Waals surface area contributed by atoms with Crippen molar-refractivity contribution >= 4 is 15.9 Å². The highest BCUT2D eigenvalue weighted by Crippen LogP contribution is 2.33. The Bertz CT molecular complexity index is 369. The van der Waals surface area contributed by atoms with E-state index in [9.17, 15) is 0 Å². The number of halogens is 1. The Balaban J connectivity index is 1.75. The molecule has 1 aromatic heterocycles. The second-order valence-electron chi connectivity index (χ2n) is 4.95. The molecule has 4 heteroatoms. The second-order valence-corrected chi connectivity index (χ2v) is 5.74. The normalized spacial score (nSPS) is 15.5. The molecule has 0 bridgehead atoms. The number of aryl methyl sites for hydroxylation is 2. The summed E-state index contributed by atoms with van der Waals surface area (Å²) in [7, 11) is 2.02. The summed E-state index contributed by atoms with van der Waals surface area (Å²) < 4.78 is 3.16. The van der Waals surface area contributed by atoms with Crippen molar-refractivity contribution in [2.24, 2.45) is 13.0 Å². The summed E-state index contributed by atoms with van der Waals surface area (Å²) in [5, 5.41) is 8.01. The van der Waals surface area contributed by atoms with Crippen LogP contribution >= 0.6 is 15.9 Å². The summed E-state index contributed by atoms with van der Waals surface area (Å²) in [5.41, 5.74) is 2.41. The van der Waals surface area contributed by atoms with E-state index < -0.39 is 0 Å². The molecule has 0 spiro atoms. The van der Waals surface area contributed by atoms with Gasteiger partial charge < -0.3 is 5.32 Å². The van der Waals surface area contributed by atoms with Crippen molar-refractivity contribution in [3.05, 3.63) is 15.9 Å². The topological polar surface area (TPSA) is 29.9 Å². The summed E-state index contributed by atoms with van der Waals surface area (Å²) in [6.07, 6.45) is 6.62. The largest absolute Gasteiger partial charge is 0.311 e. The maximum absolute atomic E-state index is 4.50. The first-order chi connectivity index (χ1) is 8.22. The van der Waals surface area contributed by atoms with Gasteiger partial charge in [0.05, 0.1) is 15.9 Å². The van der Waals surface area contributed by atoms with Crippen LogP contribution in [0, 0.1) is 5.92 Å². The van der Waals surface area contributed by atoms with Crippen LogP contribution in [0.15, 0.2) is 4.47 Å². The Hall–Kier alpha value is -0.350. The second kappa shape index (κ2) is 6.01. The maximum atomic E-state index is 4.50. The Labute approximate surface area is 112 Å². The van der Waals surface area contributed by atoms with Crippen LogP contribution in [0.1, 0.15) is 44.0 Å². The Morgan fingerprint density at radius 3 is 2.82 bits per heavy atom. The number of aromatic nitrogens is 2. The van der Waals surface area contributed by atoms with E-state index in [4.69, 9.17) is 0 Å². The SMILES string of the molecule is CCc1nn(C)c(CNCCCC2CC2)c1Br. The highest BCUT2D eigenvalue weighted by molar-refractivity contribution is 9.10. The van der Waals surface area contributed by atoms with Crippen molar-refractivity contribution in [1.29, 1.82) is 0 Å². The van der Waals surface area contributed by atoms with Gasteiger partial charge in [0.2, 0.25) is 0 Å². The van der Waals surface area contributed by atoms with E-state index in [-0.39, 0.29) is 0 Å². The van der Waals surface area contributed by atoms with Gasteiger partial charge in [-0.15, -0.1) is 0 Å². The molecule has 1 heterocycles. The molecule has 1 aromatic rings. The Morgan fingerprint density at radius 2 is 2.24 bits per heavy atom. The van der Waals surface area contributed by atoms with Gasteiger partial charge in [-0.3, -0.25) is 4.68 Å². The van der Waals surface area contributed by atoms with Crippen LogP contribution in [-0.4, -0.2) is 16.3 Å². The number of hydrogen-bond donors (Lipinski definition) is 1. The molecular weight excluding hydrogens is 278 g/mol. The lowest BCUT2D eigenvalue weighted by molar-refractivity contribution is 0.572. The number of nitrogens with zero attached hydrogens (tertiary/aromatic N) is 2. The van der Waals surface area contributed by atoms with Crippen LogP contribution < -0.4 is 5.32 Å². The van der Waals surface area contributed by atoms with Crippen LogP contribution in [0.3, 0.4) is 0 Å². The van der Waals surface area contributed by atoms with Gasteiger partial charge in [-0.2, -0.15) is 5.10 Å². The predicted octanol–water partition coefficient (Wildman–Crippen LogP) is 3.02. The fourth-order valence-electron chi connectivity index (χ4n) is 2.14. The molecule has 0 aromatic carbocycles. The average Bonchev–Trinajstić information content (AvgIpc) is 3.09. The van der Waals surface area contributed by atoms with Crippen LogP contribution in [0.2, 0.25) is 0 Å². The van der Waals surface area contributed by atoms with Gasteiger partial charge in [-0.25, -0.2) is 0 Å². The van der Waals surface area contributed by atoms with Crippen LogP contribution in [-0.2, 0) is 20.0 Å². The van der Waals surface area contributed by atoms with Gasteiger partial charge in [-0.1, -0.05) is 19.8 Å². The van der Waals surface area contributed by atoms with Crippen LogP contribution in [0.4, 0.5) is 0 Å². The molecule has 0 atom stereocenters. The Morgan fingerprint density at radius 1 is 1.47 bits per heavy atom. The zero-order chi connectivity index (χ0) is 12.3. The van der Waals surface area contributed by atoms with Gasteiger partial charge in [0.25, 0.3) is 0 Å². The van der Waals surface area contributed by atoms with Gasteiger partial charge >= 0.3 is 0 Å². The lowest BCUT2D eigenvalue weighted by Gasteiger charge is -2.05. The zero-order valence-electron chi connectivity index (χ0n) is 10.8. The van der Waals surface area contributed by atoms with Gasteiger partial charge in [0.15, 0.2) is 0 Å². The molecule has 0 amide bonds. The number of hydrogen-bond acceptors (Lipinski definition) is 2. The van der Waals surface area contributed by atoms with Gasteiger partial charge in [-0.05, 0) is 47.7 Å². The minimum atomic E-state index is 0.911. The van der Waals surface area contributed by atoms with E-state index >= 15 is 0 Å². The molecule has 17 heavy (non-hydrogen) atoms. The van der Waals surface area contributed by atoms with Crippen molar-refractivity contribution in [3.8, 4) is 0 Å². The lowest BCUT2D eigenvalue weighted by atomic mass is 10.2. The lowest BCUT2D eigenvalue weighted by Crippen LogP contribution is -2.17. The van der Waals surface area contributed by atoms with Crippen LogP contribution in [0.25, 0.3) is 0 Å². The van der Waals surface area contributed by atoms with E-state index in [0.717, 1.165) is 31.1 Å². The third-order valence-corrected chi connectivity index (χ3v) is 4.37. The van der Waals surface area contributed by atoms with Gasteiger partial charge in [0.1, 0.15) is 0 Å². The summed E-state index contributed by atoms with van der Waals surface area (Å²) >= 11 is 3.64. The summed E-state index contributed by atoms with van der Waals surface area (Å²) in [6.45, 7) is 4.17. The summed E-state index contributed by atoms with van der Waals surface area (Å²) in [5.74, 6) is 1.05. The molecule has 3 nitrogen and oxygen atoms in total. The average molecular weight is 300 g/mol. The first-order valence-electron chi connectivity index (χ1n) is 6.63. The Kier molecular flexibility index (Phi) is 4.62. The van der Waals surface area contributed by atoms with E-state index in [1.165, 1.54) is 35.8 Å². The zero-order valence-corrected chi connectivity index (χ0v) is 12.4. The van der Waals surface area contributed by atoms with E-state index in [1.54, 1.807) is 0 Å². The fourth-order valence-corrected chi connectivity index (χ4v) is 2.90. The molecule has 2 rings (SSSR count). The highest BCUT2D eigenvalue weighted by atomic mass is 79.9. The molecule has 1 aliphatic rings. The van der Waals surface area contributed by atoms with Crippen molar-refractivity contribution in [2.75, 3.05) is 6.54 Å². The third-order valence-electron chi connectivity index (χ3n) is 3.46. The van der Waals surface area contributed by atoms with Crippen molar-refractivity contribution in [2.45, 2.75) is 45.6 Å². The molecule has 1 saturated carbocycles. The molecule has 1 fully saturated rings. The van der Waals surface area contributed by atoms with Crippen LogP contribution in [0.5, 0.6) is 0 Å². The minimum absolute atomic E-state index is 0.911. The first-order valence-corrected chi connectivity index (χ1v) is 7.42. The molecule has 0 aliphatic heterocycles. The molecule has 96 valence electrons. The molecule has 0 unspecified atom stereocenters.